The topological polar surface area (TPSA) is 104 Å². The lowest BCUT2D eigenvalue weighted by molar-refractivity contribution is -0.145. The highest BCUT2D eigenvalue weighted by molar-refractivity contribution is 7.99. The molecule has 0 fully saturated rings. The second kappa shape index (κ2) is 11.4. The molecule has 0 spiro atoms. The minimum absolute atomic E-state index is 0.0542. The number of thioether (sulfide) groups is 1. The van der Waals surface area contributed by atoms with Crippen LogP contribution in [-0.4, -0.2) is 48.1 Å². The number of esters is 1. The number of aromatic nitrogens is 2. The third-order valence-corrected chi connectivity index (χ3v) is 5.11. The highest BCUT2D eigenvalue weighted by atomic mass is 35.5. The number of rotatable bonds is 10. The second-order valence-corrected chi connectivity index (χ2v) is 7.64. The SMILES string of the molecule is COc1ccc(CCNC(=O)COC(=O)CSc2nnc(-c3ccc(Cl)cc3)o2)cc1. The first-order valence-electron chi connectivity index (χ1n) is 9.31. The van der Waals surface area contributed by atoms with Crippen molar-refractivity contribution in [1.29, 1.82) is 0 Å². The molecule has 0 atom stereocenters. The number of nitrogens with one attached hydrogen (secondary N) is 1. The highest BCUT2D eigenvalue weighted by Gasteiger charge is 2.13. The molecular weight excluding hydrogens is 442 g/mol. The van der Waals surface area contributed by atoms with Gasteiger partial charge in [-0.2, -0.15) is 0 Å². The molecule has 162 valence electrons. The molecule has 2 aromatic carbocycles. The lowest BCUT2D eigenvalue weighted by Crippen LogP contribution is -2.30. The number of nitrogens with zero attached hydrogens (tertiary/aromatic N) is 2. The zero-order valence-corrected chi connectivity index (χ0v) is 18.2. The Morgan fingerprint density at radius 3 is 2.55 bits per heavy atom. The third-order valence-electron chi connectivity index (χ3n) is 4.07. The normalized spacial score (nSPS) is 10.5. The maximum atomic E-state index is 11.9. The van der Waals surface area contributed by atoms with Gasteiger partial charge in [0.25, 0.3) is 11.1 Å². The second-order valence-electron chi connectivity index (χ2n) is 6.28. The standard InChI is InChI=1S/C21H20ClN3O5S/c1-28-17-8-2-14(3-9-17)10-11-23-18(26)12-29-19(27)13-31-21-25-24-20(30-21)15-4-6-16(22)7-5-15/h2-9H,10-13H2,1H3,(H,23,26). The molecule has 0 aliphatic rings. The smallest absolute Gasteiger partial charge is 0.316 e. The van der Waals surface area contributed by atoms with E-state index >= 15 is 0 Å². The van der Waals surface area contributed by atoms with Crippen molar-refractivity contribution in [2.24, 2.45) is 0 Å². The summed E-state index contributed by atoms with van der Waals surface area (Å²) < 4.78 is 15.6. The third kappa shape index (κ3) is 7.30. The largest absolute Gasteiger partial charge is 0.497 e. The predicted molar refractivity (Wildman–Crippen MR) is 116 cm³/mol. The number of carbonyl (C=O) groups is 2. The maximum absolute atomic E-state index is 11.9. The van der Waals surface area contributed by atoms with Crippen LogP contribution in [0.1, 0.15) is 5.56 Å². The van der Waals surface area contributed by atoms with Crippen LogP contribution in [0.4, 0.5) is 0 Å². The fourth-order valence-electron chi connectivity index (χ4n) is 2.48. The van der Waals surface area contributed by atoms with Gasteiger partial charge in [-0.05, 0) is 48.4 Å². The van der Waals surface area contributed by atoms with Crippen molar-refractivity contribution in [3.8, 4) is 17.2 Å². The Kier molecular flexibility index (Phi) is 8.31. The van der Waals surface area contributed by atoms with Gasteiger partial charge in [0.05, 0.1) is 7.11 Å². The Bertz CT molecular complexity index is 1010. The molecular formula is C21H20ClN3O5S. The van der Waals surface area contributed by atoms with Gasteiger partial charge in [0.2, 0.25) is 5.89 Å². The monoisotopic (exact) mass is 461 g/mol. The quantitative estimate of drug-likeness (QED) is 0.362. The van der Waals surface area contributed by atoms with Crippen molar-refractivity contribution in [3.63, 3.8) is 0 Å². The molecule has 31 heavy (non-hydrogen) atoms. The Morgan fingerprint density at radius 2 is 1.84 bits per heavy atom. The Morgan fingerprint density at radius 1 is 1.10 bits per heavy atom. The minimum atomic E-state index is -0.554. The Hall–Kier alpha value is -3.04. The van der Waals surface area contributed by atoms with Gasteiger partial charge in [-0.15, -0.1) is 10.2 Å². The summed E-state index contributed by atoms with van der Waals surface area (Å²) in [6, 6.07) is 14.5. The van der Waals surface area contributed by atoms with Crippen molar-refractivity contribution < 1.29 is 23.5 Å². The van der Waals surface area contributed by atoms with E-state index in [2.05, 4.69) is 15.5 Å². The summed E-state index contributed by atoms with van der Waals surface area (Å²) in [6.45, 7) is 0.0920. The summed E-state index contributed by atoms with van der Waals surface area (Å²) in [6.07, 6.45) is 0.659. The first kappa shape index (κ1) is 22.6. The fourth-order valence-corrected chi connectivity index (χ4v) is 3.16. The summed E-state index contributed by atoms with van der Waals surface area (Å²) in [4.78, 5) is 23.7. The van der Waals surface area contributed by atoms with E-state index < -0.39 is 5.97 Å². The summed E-state index contributed by atoms with van der Waals surface area (Å²) in [5.74, 6) is 0.126. The molecule has 0 aliphatic carbocycles. The average Bonchev–Trinajstić information content (AvgIpc) is 3.26. The predicted octanol–water partition coefficient (Wildman–Crippen LogP) is 3.39. The van der Waals surface area contributed by atoms with Crippen LogP contribution < -0.4 is 10.1 Å². The van der Waals surface area contributed by atoms with E-state index in [0.717, 1.165) is 28.6 Å². The molecule has 10 heteroatoms. The van der Waals surface area contributed by atoms with Crippen LogP contribution in [0.25, 0.3) is 11.5 Å². The number of methoxy groups -OCH3 is 1. The zero-order chi connectivity index (χ0) is 22.1. The number of hydrogen-bond acceptors (Lipinski definition) is 8. The van der Waals surface area contributed by atoms with Gasteiger partial charge in [0.1, 0.15) is 11.5 Å². The number of benzene rings is 2. The van der Waals surface area contributed by atoms with Gasteiger partial charge in [-0.25, -0.2) is 0 Å². The van der Waals surface area contributed by atoms with E-state index in [0.29, 0.717) is 23.9 Å². The summed E-state index contributed by atoms with van der Waals surface area (Å²) in [5, 5.41) is 11.4. The van der Waals surface area contributed by atoms with Gasteiger partial charge >= 0.3 is 5.97 Å². The van der Waals surface area contributed by atoms with E-state index in [-0.39, 0.29) is 23.5 Å². The van der Waals surface area contributed by atoms with Crippen molar-refractivity contribution in [2.45, 2.75) is 11.6 Å². The van der Waals surface area contributed by atoms with E-state index in [1.807, 2.05) is 24.3 Å². The molecule has 3 rings (SSSR count). The van der Waals surface area contributed by atoms with Crippen LogP contribution in [0, 0.1) is 0 Å². The van der Waals surface area contributed by atoms with E-state index in [1.165, 1.54) is 0 Å². The zero-order valence-electron chi connectivity index (χ0n) is 16.7. The van der Waals surface area contributed by atoms with Gasteiger partial charge in [0, 0.05) is 17.1 Å². The Balaban J connectivity index is 1.33. The molecule has 3 aromatic rings. The van der Waals surface area contributed by atoms with E-state index in [1.54, 1.807) is 31.4 Å². The molecule has 0 saturated heterocycles. The molecule has 8 nitrogen and oxygen atoms in total. The molecule has 1 amide bonds. The summed E-state index contributed by atoms with van der Waals surface area (Å²) >= 11 is 6.89. The molecule has 1 heterocycles. The highest BCUT2D eigenvalue weighted by Crippen LogP contribution is 2.24. The first-order chi connectivity index (χ1) is 15.0. The summed E-state index contributed by atoms with van der Waals surface area (Å²) in [7, 11) is 1.61. The molecule has 0 saturated carbocycles. The van der Waals surface area contributed by atoms with Crippen LogP contribution in [0.3, 0.4) is 0 Å². The number of hydrogen-bond donors (Lipinski definition) is 1. The molecule has 0 aliphatic heterocycles. The van der Waals surface area contributed by atoms with Crippen molar-refractivity contribution in [2.75, 3.05) is 26.0 Å². The van der Waals surface area contributed by atoms with Crippen LogP contribution in [0.2, 0.25) is 5.02 Å². The van der Waals surface area contributed by atoms with E-state index in [9.17, 15) is 9.59 Å². The molecule has 1 aromatic heterocycles. The molecule has 1 N–H and O–H groups in total. The molecule has 0 bridgehead atoms. The van der Waals surface area contributed by atoms with E-state index in [4.69, 9.17) is 25.5 Å². The van der Waals surface area contributed by atoms with Gasteiger partial charge in [-0.3, -0.25) is 9.59 Å². The number of halogens is 1. The van der Waals surface area contributed by atoms with Crippen LogP contribution >= 0.6 is 23.4 Å². The maximum Gasteiger partial charge on any atom is 0.316 e. The lowest BCUT2D eigenvalue weighted by Gasteiger charge is -2.07. The van der Waals surface area contributed by atoms with Crippen molar-refractivity contribution in [1.82, 2.24) is 15.5 Å². The van der Waals surface area contributed by atoms with Gasteiger partial charge < -0.3 is 19.2 Å². The van der Waals surface area contributed by atoms with Crippen LogP contribution in [-0.2, 0) is 20.7 Å². The van der Waals surface area contributed by atoms with Crippen LogP contribution in [0.15, 0.2) is 58.2 Å². The lowest BCUT2D eigenvalue weighted by atomic mass is 10.1. The van der Waals surface area contributed by atoms with Gasteiger partial charge in [-0.1, -0.05) is 35.5 Å². The average molecular weight is 462 g/mol. The number of ether oxygens (including phenoxy) is 2. The molecule has 0 unspecified atom stereocenters. The fraction of sp³-hybridized carbons (Fsp3) is 0.238. The first-order valence-corrected chi connectivity index (χ1v) is 10.7. The van der Waals surface area contributed by atoms with Crippen molar-refractivity contribution in [3.05, 3.63) is 59.1 Å². The minimum Gasteiger partial charge on any atom is -0.497 e. The Labute approximate surface area is 188 Å². The van der Waals surface area contributed by atoms with Crippen molar-refractivity contribution >= 4 is 35.2 Å². The van der Waals surface area contributed by atoms with Crippen LogP contribution in [0.5, 0.6) is 5.75 Å². The molecule has 0 radical (unpaired) electrons. The van der Waals surface area contributed by atoms with Gasteiger partial charge in [0.15, 0.2) is 6.61 Å². The number of carbonyl (C=O) groups excluding carboxylic acids is 2. The number of amides is 1. The summed E-state index contributed by atoms with van der Waals surface area (Å²) in [5.41, 5.74) is 1.78.